The van der Waals surface area contributed by atoms with Crippen molar-refractivity contribution in [1.29, 1.82) is 0 Å². The van der Waals surface area contributed by atoms with Crippen molar-refractivity contribution in [2.45, 2.75) is 19.3 Å². The van der Waals surface area contributed by atoms with E-state index in [0.717, 1.165) is 35.0 Å². The average Bonchev–Trinajstić information content (AvgIpc) is 2.16. The second-order valence-electron chi connectivity index (χ2n) is 3.20. The Bertz CT molecular complexity index is 360. The molecule has 0 amide bonds. The van der Waals surface area contributed by atoms with Crippen molar-refractivity contribution < 1.29 is 5.21 Å². The number of halogens is 1. The molecule has 0 spiro atoms. The molecule has 0 saturated heterocycles. The van der Waals surface area contributed by atoms with Crippen molar-refractivity contribution in [3.05, 3.63) is 33.8 Å². The van der Waals surface area contributed by atoms with Crippen LogP contribution in [0.4, 0.5) is 0 Å². The summed E-state index contributed by atoms with van der Waals surface area (Å²) < 4.78 is 1.09. The van der Waals surface area contributed by atoms with E-state index in [0.29, 0.717) is 0 Å². The Morgan fingerprint density at radius 3 is 2.92 bits per heavy atom. The first-order valence-corrected chi connectivity index (χ1v) is 5.10. The van der Waals surface area contributed by atoms with Gasteiger partial charge in [-0.2, -0.15) is 0 Å². The fourth-order valence-electron chi connectivity index (χ4n) is 1.74. The van der Waals surface area contributed by atoms with Crippen LogP contribution in [0.25, 0.3) is 0 Å². The minimum absolute atomic E-state index is 0.814. The first-order valence-electron chi connectivity index (χ1n) is 4.31. The van der Waals surface area contributed by atoms with Crippen LogP contribution >= 0.6 is 15.9 Å². The van der Waals surface area contributed by atoms with E-state index in [2.05, 4.69) is 27.2 Å². The van der Waals surface area contributed by atoms with Crippen LogP contribution < -0.4 is 0 Å². The molecule has 0 unspecified atom stereocenters. The van der Waals surface area contributed by atoms with Crippen molar-refractivity contribution in [3.8, 4) is 0 Å². The van der Waals surface area contributed by atoms with E-state index in [-0.39, 0.29) is 0 Å². The van der Waals surface area contributed by atoms with E-state index in [1.54, 1.807) is 0 Å². The van der Waals surface area contributed by atoms with Gasteiger partial charge < -0.3 is 5.21 Å². The van der Waals surface area contributed by atoms with Gasteiger partial charge in [-0.3, -0.25) is 0 Å². The fraction of sp³-hybridized carbons (Fsp3) is 0.300. The molecule has 1 aromatic rings. The van der Waals surface area contributed by atoms with Gasteiger partial charge in [0.25, 0.3) is 0 Å². The van der Waals surface area contributed by atoms with Gasteiger partial charge in [-0.25, -0.2) is 0 Å². The predicted molar refractivity (Wildman–Crippen MR) is 55.4 cm³/mol. The summed E-state index contributed by atoms with van der Waals surface area (Å²) in [6, 6.07) is 6.09. The SMILES string of the molecule is ON=C1CCCc2cc(Br)ccc21. The summed E-state index contributed by atoms with van der Waals surface area (Å²) in [5.74, 6) is 0. The molecule has 13 heavy (non-hydrogen) atoms. The van der Waals surface area contributed by atoms with Gasteiger partial charge in [0, 0.05) is 10.0 Å². The van der Waals surface area contributed by atoms with Crippen molar-refractivity contribution in [2.75, 3.05) is 0 Å². The van der Waals surface area contributed by atoms with Crippen LogP contribution in [-0.4, -0.2) is 10.9 Å². The molecule has 0 fully saturated rings. The van der Waals surface area contributed by atoms with E-state index >= 15 is 0 Å². The summed E-state index contributed by atoms with van der Waals surface area (Å²) in [6.45, 7) is 0. The van der Waals surface area contributed by atoms with E-state index < -0.39 is 0 Å². The molecule has 0 heterocycles. The van der Waals surface area contributed by atoms with Crippen LogP contribution in [0.1, 0.15) is 24.0 Å². The Morgan fingerprint density at radius 2 is 2.15 bits per heavy atom. The Labute approximate surface area is 85.4 Å². The Morgan fingerprint density at radius 1 is 1.31 bits per heavy atom. The first-order chi connectivity index (χ1) is 6.31. The fourth-order valence-corrected chi connectivity index (χ4v) is 2.14. The summed E-state index contributed by atoms with van der Waals surface area (Å²) in [5.41, 5.74) is 3.18. The third-order valence-electron chi connectivity index (χ3n) is 2.36. The second kappa shape index (κ2) is 3.50. The monoisotopic (exact) mass is 239 g/mol. The summed E-state index contributed by atoms with van der Waals surface area (Å²) in [7, 11) is 0. The van der Waals surface area contributed by atoms with Crippen molar-refractivity contribution >= 4 is 21.6 Å². The molecule has 0 saturated carbocycles. The molecule has 2 nitrogen and oxygen atoms in total. The summed E-state index contributed by atoms with van der Waals surface area (Å²) >= 11 is 3.43. The van der Waals surface area contributed by atoms with Crippen molar-refractivity contribution in [1.82, 2.24) is 0 Å². The molecular formula is C10H10BrNO. The van der Waals surface area contributed by atoms with E-state index in [1.165, 1.54) is 5.56 Å². The molecule has 0 radical (unpaired) electrons. The molecule has 1 aliphatic rings. The van der Waals surface area contributed by atoms with E-state index in [9.17, 15) is 0 Å². The molecule has 0 aliphatic heterocycles. The zero-order valence-electron chi connectivity index (χ0n) is 7.13. The highest BCUT2D eigenvalue weighted by Gasteiger charge is 2.15. The summed E-state index contributed by atoms with van der Waals surface area (Å²) in [5, 5.41) is 12.1. The number of hydrogen-bond acceptors (Lipinski definition) is 2. The quantitative estimate of drug-likeness (QED) is 0.548. The smallest absolute Gasteiger partial charge is 0.0870 e. The van der Waals surface area contributed by atoms with Crippen LogP contribution in [0.2, 0.25) is 0 Å². The third kappa shape index (κ3) is 1.61. The molecule has 1 aromatic carbocycles. The third-order valence-corrected chi connectivity index (χ3v) is 2.85. The lowest BCUT2D eigenvalue weighted by atomic mass is 9.90. The lowest BCUT2D eigenvalue weighted by Gasteiger charge is -2.16. The van der Waals surface area contributed by atoms with E-state index in [4.69, 9.17) is 5.21 Å². The largest absolute Gasteiger partial charge is 0.411 e. The van der Waals surface area contributed by atoms with Crippen molar-refractivity contribution in [2.24, 2.45) is 5.16 Å². The molecule has 0 atom stereocenters. The topological polar surface area (TPSA) is 32.6 Å². The number of oxime groups is 1. The van der Waals surface area contributed by atoms with Gasteiger partial charge in [0.05, 0.1) is 5.71 Å². The molecule has 68 valence electrons. The van der Waals surface area contributed by atoms with Gasteiger partial charge in [-0.15, -0.1) is 0 Å². The molecule has 0 aromatic heterocycles. The molecule has 1 aliphatic carbocycles. The summed E-state index contributed by atoms with van der Waals surface area (Å²) in [4.78, 5) is 0. The van der Waals surface area contributed by atoms with Crippen molar-refractivity contribution in [3.63, 3.8) is 0 Å². The van der Waals surface area contributed by atoms with Gasteiger partial charge in [-0.05, 0) is 37.0 Å². The lowest BCUT2D eigenvalue weighted by Crippen LogP contribution is -2.11. The molecule has 1 N–H and O–H groups in total. The van der Waals surface area contributed by atoms with Crippen LogP contribution in [0.5, 0.6) is 0 Å². The van der Waals surface area contributed by atoms with Gasteiger partial charge in [0.2, 0.25) is 0 Å². The molecule has 2 rings (SSSR count). The predicted octanol–water partition coefficient (Wildman–Crippen LogP) is 2.96. The normalized spacial score (nSPS) is 18.7. The number of fused-ring (bicyclic) bond motifs is 1. The first kappa shape index (κ1) is 8.75. The maximum absolute atomic E-state index is 8.78. The highest BCUT2D eigenvalue weighted by atomic mass is 79.9. The van der Waals surface area contributed by atoms with Gasteiger partial charge in [0.15, 0.2) is 0 Å². The number of hydrogen-bond donors (Lipinski definition) is 1. The van der Waals surface area contributed by atoms with E-state index in [1.807, 2.05) is 12.1 Å². The molecule has 0 bridgehead atoms. The number of rotatable bonds is 0. The summed E-state index contributed by atoms with van der Waals surface area (Å²) in [6.07, 6.45) is 3.03. The molecule has 3 heteroatoms. The van der Waals surface area contributed by atoms with Crippen LogP contribution in [0, 0.1) is 0 Å². The minimum Gasteiger partial charge on any atom is -0.411 e. The maximum atomic E-state index is 8.78. The van der Waals surface area contributed by atoms with Crippen LogP contribution in [0.3, 0.4) is 0 Å². The number of aryl methyl sites for hydroxylation is 1. The standard InChI is InChI=1S/C10H10BrNO/c11-8-4-5-9-7(6-8)2-1-3-10(9)12-13/h4-6,13H,1-3H2. The lowest BCUT2D eigenvalue weighted by molar-refractivity contribution is 0.317. The average molecular weight is 240 g/mol. The number of benzene rings is 1. The molecular weight excluding hydrogens is 230 g/mol. The van der Waals surface area contributed by atoms with Gasteiger partial charge in [0.1, 0.15) is 0 Å². The van der Waals surface area contributed by atoms with Crippen LogP contribution in [-0.2, 0) is 6.42 Å². The minimum atomic E-state index is 0.814. The second-order valence-corrected chi connectivity index (χ2v) is 4.12. The Balaban J connectivity index is 2.52. The Kier molecular flexibility index (Phi) is 2.36. The number of nitrogens with zero attached hydrogens (tertiary/aromatic N) is 1. The maximum Gasteiger partial charge on any atom is 0.0870 e. The highest BCUT2D eigenvalue weighted by molar-refractivity contribution is 9.10. The zero-order valence-corrected chi connectivity index (χ0v) is 8.71. The zero-order chi connectivity index (χ0) is 9.26. The van der Waals surface area contributed by atoms with Crippen LogP contribution in [0.15, 0.2) is 27.8 Å². The highest BCUT2D eigenvalue weighted by Crippen LogP contribution is 2.24. The van der Waals surface area contributed by atoms with Gasteiger partial charge in [-0.1, -0.05) is 27.2 Å². The Hall–Kier alpha value is -0.830. The van der Waals surface area contributed by atoms with Gasteiger partial charge >= 0.3 is 0 Å².